The highest BCUT2D eigenvalue weighted by Crippen LogP contribution is 2.05. The van der Waals surface area contributed by atoms with E-state index in [2.05, 4.69) is 24.6 Å². The molecule has 0 aliphatic rings. The highest BCUT2D eigenvalue weighted by molar-refractivity contribution is 7.03. The zero-order valence-corrected chi connectivity index (χ0v) is 9.06. The van der Waals surface area contributed by atoms with Gasteiger partial charge in [-0.15, -0.1) is 0 Å². The first-order valence-electron chi connectivity index (χ1n) is 3.83. The average molecular weight is 171 g/mol. The standard InChI is InChI=1S/C8H17NOSi/c1-7(9-2)6-8(10)11(3,4)5/h6H2,1-5H3/b9-7+. The van der Waals surface area contributed by atoms with Crippen LogP contribution in [0.2, 0.25) is 19.6 Å². The summed E-state index contributed by atoms with van der Waals surface area (Å²) in [5.74, 6) is 0. The van der Waals surface area contributed by atoms with Crippen molar-refractivity contribution in [1.82, 2.24) is 0 Å². The summed E-state index contributed by atoms with van der Waals surface area (Å²) in [6.45, 7) is 8.10. The first-order valence-corrected chi connectivity index (χ1v) is 7.33. The van der Waals surface area contributed by atoms with Crippen LogP contribution in [0, 0.1) is 0 Å². The summed E-state index contributed by atoms with van der Waals surface area (Å²) in [5, 5.41) is 0.389. The number of aliphatic imine (C=N–C) groups is 1. The molecular formula is C8H17NOSi. The summed E-state index contributed by atoms with van der Waals surface area (Å²) in [7, 11) is 0.170. The molecule has 3 heteroatoms. The van der Waals surface area contributed by atoms with E-state index in [1.165, 1.54) is 0 Å². The van der Waals surface area contributed by atoms with E-state index in [1.54, 1.807) is 7.05 Å². The van der Waals surface area contributed by atoms with E-state index in [-0.39, 0.29) is 0 Å². The maximum Gasteiger partial charge on any atom is 0.124 e. The van der Waals surface area contributed by atoms with Crippen molar-refractivity contribution in [3.8, 4) is 0 Å². The van der Waals surface area contributed by atoms with Crippen LogP contribution in [-0.2, 0) is 4.79 Å². The van der Waals surface area contributed by atoms with Gasteiger partial charge in [-0.05, 0) is 6.92 Å². The molecule has 2 nitrogen and oxygen atoms in total. The Balaban J connectivity index is 4.10. The van der Waals surface area contributed by atoms with E-state index in [0.717, 1.165) is 5.71 Å². The first-order chi connectivity index (χ1) is 4.88. The topological polar surface area (TPSA) is 29.4 Å². The predicted molar refractivity (Wildman–Crippen MR) is 52.0 cm³/mol. The molecule has 0 aliphatic heterocycles. The molecule has 0 N–H and O–H groups in total. The highest BCUT2D eigenvalue weighted by Gasteiger charge is 2.23. The third-order valence-electron chi connectivity index (χ3n) is 1.63. The largest absolute Gasteiger partial charge is 0.305 e. The molecule has 0 saturated heterocycles. The Labute approximate surface area is 69.7 Å². The molecule has 0 saturated carbocycles. The van der Waals surface area contributed by atoms with Crippen LogP contribution in [0.3, 0.4) is 0 Å². The molecule has 0 bridgehead atoms. The van der Waals surface area contributed by atoms with Crippen molar-refractivity contribution in [2.24, 2.45) is 4.99 Å². The Morgan fingerprint density at radius 1 is 1.36 bits per heavy atom. The summed E-state index contributed by atoms with van der Waals surface area (Å²) in [4.78, 5) is 15.4. The summed E-state index contributed by atoms with van der Waals surface area (Å²) < 4.78 is 0. The molecule has 0 fully saturated rings. The van der Waals surface area contributed by atoms with Gasteiger partial charge in [0.25, 0.3) is 0 Å². The van der Waals surface area contributed by atoms with Gasteiger partial charge in [0.15, 0.2) is 0 Å². The van der Waals surface area contributed by atoms with Crippen LogP contribution in [0.1, 0.15) is 13.3 Å². The van der Waals surface area contributed by atoms with Gasteiger partial charge in [0.1, 0.15) is 13.5 Å². The monoisotopic (exact) mass is 171 g/mol. The van der Waals surface area contributed by atoms with Crippen molar-refractivity contribution in [2.45, 2.75) is 33.0 Å². The fraction of sp³-hybridized carbons (Fsp3) is 0.750. The smallest absolute Gasteiger partial charge is 0.124 e. The van der Waals surface area contributed by atoms with E-state index in [0.29, 0.717) is 11.8 Å². The van der Waals surface area contributed by atoms with Crippen molar-refractivity contribution in [3.63, 3.8) is 0 Å². The molecule has 0 heterocycles. The molecule has 0 aliphatic carbocycles. The minimum absolute atomic E-state index is 0.389. The first kappa shape index (κ1) is 10.6. The molecule has 0 rings (SSSR count). The predicted octanol–water partition coefficient (Wildman–Crippen LogP) is 1.91. The molecule has 0 aromatic carbocycles. The Bertz CT molecular complexity index is 179. The van der Waals surface area contributed by atoms with Gasteiger partial charge >= 0.3 is 0 Å². The van der Waals surface area contributed by atoms with Gasteiger partial charge in [0.05, 0.1) is 0 Å². The van der Waals surface area contributed by atoms with E-state index in [1.807, 2.05) is 6.92 Å². The lowest BCUT2D eigenvalue weighted by atomic mass is 10.3. The van der Waals surface area contributed by atoms with E-state index < -0.39 is 8.07 Å². The van der Waals surface area contributed by atoms with Crippen LogP contribution in [0.15, 0.2) is 4.99 Å². The van der Waals surface area contributed by atoms with Crippen molar-refractivity contribution < 1.29 is 4.79 Å². The number of hydrogen-bond acceptors (Lipinski definition) is 2. The quantitative estimate of drug-likeness (QED) is 0.471. The Morgan fingerprint density at radius 2 is 1.82 bits per heavy atom. The summed E-state index contributed by atoms with van der Waals surface area (Å²) in [6.07, 6.45) is 0.548. The summed E-state index contributed by atoms with van der Waals surface area (Å²) in [6, 6.07) is 0. The van der Waals surface area contributed by atoms with Gasteiger partial charge in [-0.2, -0.15) is 0 Å². The SMILES string of the molecule is C/N=C(\C)CC(=O)[Si](C)(C)C. The summed E-state index contributed by atoms with van der Waals surface area (Å²) in [5.41, 5.74) is 0.942. The fourth-order valence-corrected chi connectivity index (χ4v) is 1.36. The Morgan fingerprint density at radius 3 is 2.09 bits per heavy atom. The minimum Gasteiger partial charge on any atom is -0.305 e. The summed E-state index contributed by atoms with van der Waals surface area (Å²) >= 11 is 0. The number of nitrogens with zero attached hydrogens (tertiary/aromatic N) is 1. The number of hydrogen-bond donors (Lipinski definition) is 0. The van der Waals surface area contributed by atoms with Crippen molar-refractivity contribution in [3.05, 3.63) is 0 Å². The molecule has 11 heavy (non-hydrogen) atoms. The van der Waals surface area contributed by atoms with Gasteiger partial charge in [-0.1, -0.05) is 19.6 Å². The number of carbonyl (C=O) groups is 1. The van der Waals surface area contributed by atoms with Gasteiger partial charge < -0.3 is 4.79 Å². The lowest BCUT2D eigenvalue weighted by Gasteiger charge is -2.13. The van der Waals surface area contributed by atoms with E-state index >= 15 is 0 Å². The minimum atomic E-state index is -1.56. The molecule has 0 atom stereocenters. The number of carbonyl (C=O) groups excluding carboxylic acids is 1. The maximum atomic E-state index is 11.4. The second-order valence-electron chi connectivity index (χ2n) is 3.81. The molecule has 0 amide bonds. The van der Waals surface area contributed by atoms with Crippen LogP contribution in [0.4, 0.5) is 0 Å². The van der Waals surface area contributed by atoms with Crippen molar-refractivity contribution in [1.29, 1.82) is 0 Å². The third kappa shape index (κ3) is 4.09. The average Bonchev–Trinajstić information content (AvgIpc) is 1.85. The van der Waals surface area contributed by atoms with E-state index in [4.69, 9.17) is 0 Å². The molecular weight excluding hydrogens is 154 g/mol. The molecule has 0 spiro atoms. The van der Waals surface area contributed by atoms with Gasteiger partial charge in [0.2, 0.25) is 0 Å². The van der Waals surface area contributed by atoms with Crippen LogP contribution in [0.25, 0.3) is 0 Å². The van der Waals surface area contributed by atoms with Crippen LogP contribution in [-0.4, -0.2) is 26.2 Å². The van der Waals surface area contributed by atoms with Crippen molar-refractivity contribution in [2.75, 3.05) is 7.05 Å². The van der Waals surface area contributed by atoms with Gasteiger partial charge in [0, 0.05) is 19.2 Å². The normalized spacial score (nSPS) is 13.4. The highest BCUT2D eigenvalue weighted by atomic mass is 28.3. The van der Waals surface area contributed by atoms with Crippen LogP contribution < -0.4 is 0 Å². The molecule has 64 valence electrons. The lowest BCUT2D eigenvalue weighted by molar-refractivity contribution is -0.111. The van der Waals surface area contributed by atoms with Gasteiger partial charge in [-0.25, -0.2) is 0 Å². The second kappa shape index (κ2) is 3.81. The Kier molecular flexibility index (Phi) is 3.65. The van der Waals surface area contributed by atoms with Gasteiger partial charge in [-0.3, -0.25) is 4.99 Å². The Hall–Kier alpha value is -0.443. The van der Waals surface area contributed by atoms with Crippen LogP contribution in [0.5, 0.6) is 0 Å². The van der Waals surface area contributed by atoms with Crippen LogP contribution >= 0.6 is 0 Å². The molecule has 0 aromatic rings. The zero-order valence-electron chi connectivity index (χ0n) is 8.06. The molecule has 0 unspecified atom stereocenters. The molecule has 0 aromatic heterocycles. The lowest BCUT2D eigenvalue weighted by Crippen LogP contribution is -2.34. The zero-order chi connectivity index (χ0) is 9.07. The fourth-order valence-electron chi connectivity index (χ4n) is 0.577. The van der Waals surface area contributed by atoms with Crippen molar-refractivity contribution >= 4 is 19.2 Å². The number of rotatable bonds is 3. The second-order valence-corrected chi connectivity index (χ2v) is 8.87. The third-order valence-corrected chi connectivity index (χ3v) is 3.48. The molecule has 0 radical (unpaired) electrons. The maximum absolute atomic E-state index is 11.4. The van der Waals surface area contributed by atoms with E-state index in [9.17, 15) is 4.79 Å².